The van der Waals surface area contributed by atoms with Crippen LogP contribution in [0.4, 0.5) is 10.6 Å². The Morgan fingerprint density at radius 2 is 2.00 bits per heavy atom. The van der Waals surface area contributed by atoms with Gasteiger partial charge in [0.1, 0.15) is 18.2 Å². The lowest BCUT2D eigenvalue weighted by atomic mass is 10.2. The zero-order chi connectivity index (χ0) is 22.0. The molecule has 1 saturated heterocycles. The molecule has 9 nitrogen and oxygen atoms in total. The number of hydrogen-bond donors (Lipinski definition) is 1. The van der Waals surface area contributed by atoms with Crippen LogP contribution in [0.1, 0.15) is 45.4 Å². The highest BCUT2D eigenvalue weighted by atomic mass is 16.6. The Kier molecular flexibility index (Phi) is 5.88. The Balaban J connectivity index is 1.72. The van der Waals surface area contributed by atoms with E-state index in [9.17, 15) is 4.79 Å². The first kappa shape index (κ1) is 21.2. The number of nitrogens with zero attached hydrogens (tertiary/aromatic N) is 5. The minimum Gasteiger partial charge on any atom is -0.443 e. The first-order chi connectivity index (χ1) is 14.9. The van der Waals surface area contributed by atoms with Crippen LogP contribution in [0.2, 0.25) is 0 Å². The van der Waals surface area contributed by atoms with Gasteiger partial charge in [0.2, 0.25) is 0 Å². The van der Waals surface area contributed by atoms with Crippen LogP contribution in [-0.4, -0.2) is 43.9 Å². The molecule has 4 rings (SSSR count). The summed E-state index contributed by atoms with van der Waals surface area (Å²) in [5, 5.41) is 0. The van der Waals surface area contributed by atoms with Gasteiger partial charge in [-0.15, -0.1) is 0 Å². The van der Waals surface area contributed by atoms with Crippen LogP contribution in [0.5, 0.6) is 0 Å². The van der Waals surface area contributed by atoms with Crippen molar-refractivity contribution >= 4 is 23.1 Å². The predicted octanol–water partition coefficient (Wildman–Crippen LogP) is 3.40. The molecule has 0 aliphatic carbocycles. The Bertz CT molecular complexity index is 1050. The van der Waals surface area contributed by atoms with Crippen molar-refractivity contribution in [3.05, 3.63) is 48.5 Å². The molecule has 0 spiro atoms. The number of carbonyl (C=O) groups is 1. The highest BCUT2D eigenvalue weighted by Gasteiger charge is 2.30. The number of hydrogen-bond acceptors (Lipinski definition) is 7. The predicted molar refractivity (Wildman–Crippen MR) is 116 cm³/mol. The normalized spacial score (nSPS) is 19.0. The van der Waals surface area contributed by atoms with Gasteiger partial charge in [0.05, 0.1) is 19.0 Å². The number of anilines is 1. The monoisotopic (exact) mass is 424 g/mol. The van der Waals surface area contributed by atoms with Gasteiger partial charge in [-0.2, -0.15) is 0 Å². The van der Waals surface area contributed by atoms with E-state index in [0.717, 1.165) is 18.4 Å². The molecule has 2 unspecified atom stereocenters. The average Bonchev–Trinajstić information content (AvgIpc) is 3.38. The fourth-order valence-corrected chi connectivity index (χ4v) is 3.62. The van der Waals surface area contributed by atoms with E-state index in [1.807, 2.05) is 55.7 Å². The molecule has 3 heterocycles. The summed E-state index contributed by atoms with van der Waals surface area (Å²) in [6.45, 7) is 6.28. The lowest BCUT2D eigenvalue weighted by molar-refractivity contribution is 0.00866. The van der Waals surface area contributed by atoms with Crippen LogP contribution in [0.3, 0.4) is 0 Å². The number of aromatic nitrogens is 4. The molecule has 1 amide bonds. The summed E-state index contributed by atoms with van der Waals surface area (Å²) in [6.07, 6.45) is 4.18. The maximum atomic E-state index is 13.1. The highest BCUT2D eigenvalue weighted by molar-refractivity contribution is 5.95. The van der Waals surface area contributed by atoms with Crippen LogP contribution in [0.15, 0.2) is 43.0 Å². The van der Waals surface area contributed by atoms with E-state index < -0.39 is 11.7 Å². The zero-order valence-corrected chi connectivity index (χ0v) is 18.1. The fraction of sp³-hybridized carbons (Fsp3) is 0.455. The van der Waals surface area contributed by atoms with Gasteiger partial charge >= 0.3 is 6.09 Å². The molecular formula is C22H28N6O3. The van der Waals surface area contributed by atoms with Gasteiger partial charge in [0, 0.05) is 6.54 Å². The van der Waals surface area contributed by atoms with Gasteiger partial charge in [-0.3, -0.25) is 9.47 Å². The molecule has 1 aromatic carbocycles. The quantitative estimate of drug-likeness (QED) is 0.668. The number of carbonyl (C=O) groups excluding carboxylic acids is 1. The molecule has 2 N–H and O–H groups in total. The molecule has 2 atom stereocenters. The second-order valence-electron chi connectivity index (χ2n) is 8.60. The summed E-state index contributed by atoms with van der Waals surface area (Å²) in [4.78, 5) is 28.0. The number of imidazole rings is 1. The van der Waals surface area contributed by atoms with Crippen LogP contribution >= 0.6 is 0 Å². The number of amides is 1. The molecule has 164 valence electrons. The minimum absolute atomic E-state index is 0.0279. The Morgan fingerprint density at radius 3 is 2.68 bits per heavy atom. The smallest absolute Gasteiger partial charge is 0.416 e. The molecule has 31 heavy (non-hydrogen) atoms. The molecule has 0 saturated carbocycles. The molecule has 9 heteroatoms. The first-order valence-corrected chi connectivity index (χ1v) is 10.4. The van der Waals surface area contributed by atoms with Crippen molar-refractivity contribution in [1.29, 1.82) is 0 Å². The summed E-state index contributed by atoms with van der Waals surface area (Å²) in [7, 11) is 0. The van der Waals surface area contributed by atoms with E-state index >= 15 is 0 Å². The average molecular weight is 425 g/mol. The Morgan fingerprint density at radius 1 is 1.23 bits per heavy atom. The standard InChI is InChI=1S/C22H28N6O3/c1-22(2,3)31-21(29)27(12-15-7-5-4-6-8-15)19-18-20(25-13-24-19)28(14-26-18)17-10-9-16(11-23)30-17/h4-8,13-14,16-17H,9-12,23H2,1-3H3. The summed E-state index contributed by atoms with van der Waals surface area (Å²) < 4.78 is 13.5. The Labute approximate surface area is 181 Å². The number of nitrogens with two attached hydrogens (primary N) is 1. The van der Waals surface area contributed by atoms with Crippen molar-refractivity contribution in [1.82, 2.24) is 19.5 Å². The first-order valence-electron chi connectivity index (χ1n) is 10.4. The molecule has 3 aromatic rings. The third-order valence-electron chi connectivity index (χ3n) is 5.05. The van der Waals surface area contributed by atoms with Crippen molar-refractivity contribution in [3.63, 3.8) is 0 Å². The summed E-state index contributed by atoms with van der Waals surface area (Å²) in [5.41, 5.74) is 7.18. The molecule has 0 radical (unpaired) electrons. The van der Waals surface area contributed by atoms with E-state index in [4.69, 9.17) is 15.2 Å². The molecule has 0 bridgehead atoms. The highest BCUT2D eigenvalue weighted by Crippen LogP contribution is 2.32. The maximum absolute atomic E-state index is 13.1. The van der Waals surface area contributed by atoms with E-state index in [1.54, 1.807) is 6.33 Å². The lowest BCUT2D eigenvalue weighted by Crippen LogP contribution is -2.37. The number of fused-ring (bicyclic) bond motifs is 1. The molecule has 1 aliphatic rings. The summed E-state index contributed by atoms with van der Waals surface area (Å²) >= 11 is 0. The van der Waals surface area contributed by atoms with Crippen LogP contribution in [0, 0.1) is 0 Å². The summed E-state index contributed by atoms with van der Waals surface area (Å²) in [5.74, 6) is 0.398. The zero-order valence-electron chi connectivity index (χ0n) is 18.1. The van der Waals surface area contributed by atoms with Gasteiger partial charge in [0.25, 0.3) is 0 Å². The van der Waals surface area contributed by atoms with E-state index in [0.29, 0.717) is 30.1 Å². The van der Waals surface area contributed by atoms with Crippen LogP contribution < -0.4 is 10.6 Å². The second kappa shape index (κ2) is 8.60. The maximum Gasteiger partial charge on any atom is 0.416 e. The lowest BCUT2D eigenvalue weighted by Gasteiger charge is -2.27. The van der Waals surface area contributed by atoms with E-state index in [2.05, 4.69) is 15.0 Å². The van der Waals surface area contributed by atoms with Crippen molar-refractivity contribution in [2.24, 2.45) is 5.73 Å². The van der Waals surface area contributed by atoms with Crippen molar-refractivity contribution in [3.8, 4) is 0 Å². The molecule has 2 aromatic heterocycles. The SMILES string of the molecule is CC(C)(C)OC(=O)N(Cc1ccccc1)c1ncnc2c1ncn2C1CCC(CN)O1. The van der Waals surface area contributed by atoms with Crippen molar-refractivity contribution in [2.75, 3.05) is 11.4 Å². The number of benzene rings is 1. The molecule has 1 fully saturated rings. The number of ether oxygens (including phenoxy) is 2. The second-order valence-corrected chi connectivity index (χ2v) is 8.60. The third-order valence-corrected chi connectivity index (χ3v) is 5.05. The number of rotatable bonds is 5. The van der Waals surface area contributed by atoms with Gasteiger partial charge in [0.15, 0.2) is 17.0 Å². The van der Waals surface area contributed by atoms with Crippen LogP contribution in [0.25, 0.3) is 11.2 Å². The fourth-order valence-electron chi connectivity index (χ4n) is 3.62. The van der Waals surface area contributed by atoms with E-state index in [-0.39, 0.29) is 12.3 Å². The molecular weight excluding hydrogens is 396 g/mol. The van der Waals surface area contributed by atoms with Crippen molar-refractivity contribution < 1.29 is 14.3 Å². The largest absolute Gasteiger partial charge is 0.443 e. The third kappa shape index (κ3) is 4.67. The summed E-state index contributed by atoms with van der Waals surface area (Å²) in [6, 6.07) is 9.69. The van der Waals surface area contributed by atoms with Crippen molar-refractivity contribution in [2.45, 2.75) is 58.1 Å². The van der Waals surface area contributed by atoms with Gasteiger partial charge in [-0.05, 0) is 39.2 Å². The topological polar surface area (TPSA) is 108 Å². The van der Waals surface area contributed by atoms with E-state index in [1.165, 1.54) is 11.2 Å². The van der Waals surface area contributed by atoms with Gasteiger partial charge in [-0.1, -0.05) is 30.3 Å². The van der Waals surface area contributed by atoms with Crippen LogP contribution in [-0.2, 0) is 16.0 Å². The van der Waals surface area contributed by atoms with Gasteiger partial charge in [-0.25, -0.2) is 19.7 Å². The molecule has 1 aliphatic heterocycles. The van der Waals surface area contributed by atoms with Gasteiger partial charge < -0.3 is 15.2 Å². The minimum atomic E-state index is -0.646. The Hall–Kier alpha value is -3.04.